The van der Waals surface area contributed by atoms with Gasteiger partial charge in [0.05, 0.1) is 11.8 Å². The van der Waals surface area contributed by atoms with Crippen LogP contribution < -0.4 is 11.1 Å². The number of furan rings is 1. The molecule has 0 aliphatic heterocycles. The van der Waals surface area contributed by atoms with Crippen LogP contribution in [0.1, 0.15) is 32.1 Å². The Balaban J connectivity index is 1.82. The average molecular weight is 366 g/mol. The van der Waals surface area contributed by atoms with Crippen LogP contribution in [0.5, 0.6) is 0 Å². The number of hydrogen-bond acceptors (Lipinski definition) is 4. The van der Waals surface area contributed by atoms with E-state index >= 15 is 0 Å². The zero-order valence-corrected chi connectivity index (χ0v) is 15.0. The van der Waals surface area contributed by atoms with Gasteiger partial charge in [-0.3, -0.25) is 9.59 Å². The van der Waals surface area contributed by atoms with Gasteiger partial charge in [-0.05, 0) is 36.3 Å². The third-order valence-corrected chi connectivity index (χ3v) is 5.09. The fourth-order valence-electron chi connectivity index (χ4n) is 2.59. The zero-order valence-electron chi connectivity index (χ0n) is 14.2. The first-order chi connectivity index (χ1) is 12.5. The summed E-state index contributed by atoms with van der Waals surface area (Å²) in [6, 6.07) is 13.4. The first-order valence-electron chi connectivity index (χ1n) is 8.03. The molecule has 0 bridgehead atoms. The molecule has 26 heavy (non-hydrogen) atoms. The van der Waals surface area contributed by atoms with E-state index in [0.29, 0.717) is 22.7 Å². The lowest BCUT2D eigenvalue weighted by Gasteiger charge is -2.02. The number of thiophene rings is 1. The highest BCUT2D eigenvalue weighted by Gasteiger charge is 2.20. The van der Waals surface area contributed by atoms with Crippen molar-refractivity contribution >= 4 is 34.2 Å². The number of hydrogen-bond donors (Lipinski definition) is 2. The van der Waals surface area contributed by atoms with Crippen LogP contribution in [-0.4, -0.2) is 11.8 Å². The quantitative estimate of drug-likeness (QED) is 0.647. The van der Waals surface area contributed by atoms with Gasteiger partial charge in [-0.2, -0.15) is 0 Å². The minimum Gasteiger partial charge on any atom is -0.465 e. The number of rotatable bonds is 6. The van der Waals surface area contributed by atoms with Crippen molar-refractivity contribution in [2.24, 2.45) is 5.73 Å². The number of nitrogens with two attached hydrogens (primary N) is 1. The standard InChI is InChI=1S/C20H18N2O3S/c1-13-16(12-14-6-3-2-4-7-14)26-20(18(13)19(21)24)22-17(23)10-9-15-8-5-11-25-15/h2-11H,12H2,1H3,(H2,21,24)(H,22,23). The molecule has 132 valence electrons. The molecule has 0 atom stereocenters. The highest BCUT2D eigenvalue weighted by atomic mass is 32.1. The van der Waals surface area contributed by atoms with Crippen LogP contribution >= 0.6 is 11.3 Å². The van der Waals surface area contributed by atoms with Gasteiger partial charge in [0.2, 0.25) is 5.91 Å². The van der Waals surface area contributed by atoms with Gasteiger partial charge in [-0.15, -0.1) is 11.3 Å². The van der Waals surface area contributed by atoms with Crippen LogP contribution in [0, 0.1) is 6.92 Å². The van der Waals surface area contributed by atoms with Crippen molar-refractivity contribution < 1.29 is 14.0 Å². The zero-order chi connectivity index (χ0) is 18.5. The molecule has 2 aromatic heterocycles. The minimum atomic E-state index is -0.552. The number of amides is 2. The van der Waals surface area contributed by atoms with Gasteiger partial charge in [0, 0.05) is 17.4 Å². The van der Waals surface area contributed by atoms with Gasteiger partial charge < -0.3 is 15.5 Å². The third kappa shape index (κ3) is 4.10. The summed E-state index contributed by atoms with van der Waals surface area (Å²) in [5.41, 5.74) is 7.82. The maximum Gasteiger partial charge on any atom is 0.251 e. The number of carbonyl (C=O) groups excluding carboxylic acids is 2. The Kier molecular flexibility index (Phi) is 5.34. The molecule has 2 amide bonds. The molecule has 0 spiro atoms. The molecule has 0 radical (unpaired) electrons. The first-order valence-corrected chi connectivity index (χ1v) is 8.85. The Morgan fingerprint density at radius 1 is 1.19 bits per heavy atom. The fourth-order valence-corrected chi connectivity index (χ4v) is 3.84. The maximum absolute atomic E-state index is 12.2. The van der Waals surface area contributed by atoms with Gasteiger partial charge in [-0.25, -0.2) is 0 Å². The highest BCUT2D eigenvalue weighted by molar-refractivity contribution is 7.17. The Bertz CT molecular complexity index is 941. The Hall–Kier alpha value is -3.12. The number of anilines is 1. The van der Waals surface area contributed by atoms with Gasteiger partial charge in [0.1, 0.15) is 10.8 Å². The molecule has 3 aromatic rings. The van der Waals surface area contributed by atoms with Gasteiger partial charge in [-0.1, -0.05) is 30.3 Å². The van der Waals surface area contributed by atoms with E-state index < -0.39 is 5.91 Å². The van der Waals surface area contributed by atoms with Crippen LogP contribution in [0.15, 0.2) is 59.2 Å². The van der Waals surface area contributed by atoms with Crippen molar-refractivity contribution in [1.82, 2.24) is 0 Å². The summed E-state index contributed by atoms with van der Waals surface area (Å²) in [4.78, 5) is 25.1. The minimum absolute atomic E-state index is 0.351. The monoisotopic (exact) mass is 366 g/mol. The second-order valence-corrected chi connectivity index (χ2v) is 6.82. The summed E-state index contributed by atoms with van der Waals surface area (Å²) >= 11 is 1.37. The fraction of sp³-hybridized carbons (Fsp3) is 0.100. The highest BCUT2D eigenvalue weighted by Crippen LogP contribution is 2.34. The molecule has 0 saturated carbocycles. The van der Waals surface area contributed by atoms with E-state index in [4.69, 9.17) is 10.2 Å². The molecular formula is C20H18N2O3S. The summed E-state index contributed by atoms with van der Waals surface area (Å²) in [6.45, 7) is 1.85. The molecule has 0 saturated heterocycles. The van der Waals surface area contributed by atoms with E-state index in [1.807, 2.05) is 37.3 Å². The van der Waals surface area contributed by atoms with Crippen molar-refractivity contribution in [3.8, 4) is 0 Å². The topological polar surface area (TPSA) is 85.3 Å². The molecule has 0 fully saturated rings. The molecule has 3 N–H and O–H groups in total. The van der Waals surface area contributed by atoms with Crippen LogP contribution in [0.2, 0.25) is 0 Å². The van der Waals surface area contributed by atoms with Crippen LogP contribution in [-0.2, 0) is 11.2 Å². The smallest absolute Gasteiger partial charge is 0.251 e. The molecule has 3 rings (SSSR count). The maximum atomic E-state index is 12.2. The van der Waals surface area contributed by atoms with Crippen LogP contribution in [0.3, 0.4) is 0 Å². The average Bonchev–Trinajstić information content (AvgIpc) is 3.23. The second-order valence-electron chi connectivity index (χ2n) is 5.72. The van der Waals surface area contributed by atoms with Crippen LogP contribution in [0.4, 0.5) is 5.00 Å². The Morgan fingerprint density at radius 2 is 1.96 bits per heavy atom. The third-order valence-electron chi connectivity index (χ3n) is 3.88. The lowest BCUT2D eigenvalue weighted by atomic mass is 10.1. The molecular weight excluding hydrogens is 348 g/mol. The van der Waals surface area contributed by atoms with Crippen molar-refractivity contribution in [1.29, 1.82) is 0 Å². The number of primary amides is 1. The summed E-state index contributed by atoms with van der Waals surface area (Å²) in [5, 5.41) is 3.22. The van der Waals surface area contributed by atoms with E-state index in [9.17, 15) is 9.59 Å². The SMILES string of the molecule is Cc1c(Cc2ccccc2)sc(NC(=O)C=Cc2ccco2)c1C(N)=O. The van der Waals surface area contributed by atoms with Crippen LogP contribution in [0.25, 0.3) is 6.08 Å². The largest absolute Gasteiger partial charge is 0.465 e. The molecule has 2 heterocycles. The van der Waals surface area contributed by atoms with Crippen molar-refractivity contribution in [2.75, 3.05) is 5.32 Å². The first kappa shape index (κ1) is 17.7. The number of nitrogens with one attached hydrogen (secondary N) is 1. The number of carbonyl (C=O) groups is 2. The van der Waals surface area contributed by atoms with E-state index in [1.165, 1.54) is 23.7 Å². The van der Waals surface area contributed by atoms with Gasteiger partial charge >= 0.3 is 0 Å². The molecule has 6 heteroatoms. The lowest BCUT2D eigenvalue weighted by molar-refractivity contribution is -0.111. The molecule has 0 unspecified atom stereocenters. The van der Waals surface area contributed by atoms with Crippen molar-refractivity contribution in [2.45, 2.75) is 13.3 Å². The lowest BCUT2D eigenvalue weighted by Crippen LogP contribution is -2.16. The van der Waals surface area contributed by atoms with E-state index in [1.54, 1.807) is 18.2 Å². The van der Waals surface area contributed by atoms with E-state index in [0.717, 1.165) is 16.0 Å². The predicted molar refractivity (Wildman–Crippen MR) is 103 cm³/mol. The Morgan fingerprint density at radius 3 is 2.62 bits per heavy atom. The summed E-state index contributed by atoms with van der Waals surface area (Å²) in [6.07, 6.45) is 5.12. The second kappa shape index (κ2) is 7.84. The van der Waals surface area contributed by atoms with E-state index in [-0.39, 0.29) is 5.91 Å². The summed E-state index contributed by atoms with van der Waals surface area (Å²) in [7, 11) is 0. The summed E-state index contributed by atoms with van der Waals surface area (Å²) in [5.74, 6) is -0.331. The summed E-state index contributed by atoms with van der Waals surface area (Å²) < 4.78 is 5.15. The Labute approximate surface area is 155 Å². The predicted octanol–water partition coefficient (Wildman–Crippen LogP) is 3.99. The van der Waals surface area contributed by atoms with Crippen molar-refractivity contribution in [3.63, 3.8) is 0 Å². The van der Waals surface area contributed by atoms with Gasteiger partial charge in [0.15, 0.2) is 0 Å². The van der Waals surface area contributed by atoms with E-state index in [2.05, 4.69) is 5.32 Å². The molecule has 0 aliphatic carbocycles. The van der Waals surface area contributed by atoms with Gasteiger partial charge in [0.25, 0.3) is 5.91 Å². The van der Waals surface area contributed by atoms with Crippen molar-refractivity contribution in [3.05, 3.63) is 82.1 Å². The normalized spacial score (nSPS) is 11.0. The molecule has 1 aromatic carbocycles. The molecule has 5 nitrogen and oxygen atoms in total. The molecule has 0 aliphatic rings. The number of benzene rings is 1.